The number of aromatic nitrogens is 3. The lowest BCUT2D eigenvalue weighted by Crippen LogP contribution is -2.13. The van der Waals surface area contributed by atoms with Gasteiger partial charge in [0.25, 0.3) is 5.22 Å². The number of thiazole rings is 1. The third-order valence-electron chi connectivity index (χ3n) is 3.02. The van der Waals surface area contributed by atoms with E-state index >= 15 is 0 Å². The van der Waals surface area contributed by atoms with Gasteiger partial charge in [-0.15, -0.1) is 21.5 Å². The van der Waals surface area contributed by atoms with Crippen LogP contribution in [0.15, 0.2) is 15.0 Å². The topological polar surface area (TPSA) is 92.7 Å². The van der Waals surface area contributed by atoms with Crippen LogP contribution in [0.1, 0.15) is 41.3 Å². The van der Waals surface area contributed by atoms with Crippen LogP contribution in [0.2, 0.25) is 0 Å². The molecular formula is C13H12N4O2S2. The molecule has 8 heteroatoms. The van der Waals surface area contributed by atoms with E-state index in [0.717, 1.165) is 18.5 Å². The van der Waals surface area contributed by atoms with Gasteiger partial charge in [-0.05, 0) is 19.8 Å². The van der Waals surface area contributed by atoms with Gasteiger partial charge in [0, 0.05) is 17.0 Å². The number of nitriles is 1. The maximum Gasteiger partial charge on any atom is 0.277 e. The van der Waals surface area contributed by atoms with Crippen LogP contribution in [0.4, 0.5) is 0 Å². The number of carbonyl (C=O) groups is 1. The van der Waals surface area contributed by atoms with Gasteiger partial charge in [-0.2, -0.15) is 5.26 Å². The fourth-order valence-corrected chi connectivity index (χ4v) is 3.30. The minimum Gasteiger partial charge on any atom is -0.416 e. The molecule has 0 amide bonds. The Morgan fingerprint density at radius 2 is 2.43 bits per heavy atom. The molecule has 108 valence electrons. The molecule has 3 rings (SSSR count). The van der Waals surface area contributed by atoms with E-state index in [4.69, 9.17) is 4.42 Å². The van der Waals surface area contributed by atoms with Crippen molar-refractivity contribution in [3.8, 4) is 6.07 Å². The van der Waals surface area contributed by atoms with E-state index in [1.54, 1.807) is 0 Å². The average Bonchev–Trinajstić information content (AvgIpc) is 3.07. The molecule has 0 bridgehead atoms. The van der Waals surface area contributed by atoms with Crippen LogP contribution >= 0.6 is 23.1 Å². The minimum absolute atomic E-state index is 0.128. The summed E-state index contributed by atoms with van der Waals surface area (Å²) in [5.41, 5.74) is 0.821. The zero-order chi connectivity index (χ0) is 14.8. The van der Waals surface area contributed by atoms with Gasteiger partial charge in [0.2, 0.25) is 5.89 Å². The normalized spacial score (nSPS) is 15.6. The minimum atomic E-state index is -0.818. The average molecular weight is 320 g/mol. The van der Waals surface area contributed by atoms with Crippen molar-refractivity contribution in [2.45, 2.75) is 36.8 Å². The fourth-order valence-electron chi connectivity index (χ4n) is 1.76. The van der Waals surface area contributed by atoms with E-state index in [-0.39, 0.29) is 11.5 Å². The summed E-state index contributed by atoms with van der Waals surface area (Å²) in [4.78, 5) is 16.4. The molecule has 1 saturated carbocycles. The largest absolute Gasteiger partial charge is 0.416 e. The molecule has 0 aliphatic heterocycles. The number of rotatable bonds is 6. The SMILES string of the molecule is Cc1csc(C(C#N)C(=O)CSc2nnc(C3CC3)o2)n1. The van der Waals surface area contributed by atoms with Crippen molar-refractivity contribution in [3.05, 3.63) is 22.0 Å². The third kappa shape index (κ3) is 3.31. The molecule has 2 heterocycles. The van der Waals surface area contributed by atoms with Crippen molar-refractivity contribution in [2.75, 3.05) is 5.75 Å². The van der Waals surface area contributed by atoms with Crippen LogP contribution in [0.5, 0.6) is 0 Å². The highest BCUT2D eigenvalue weighted by molar-refractivity contribution is 7.99. The highest BCUT2D eigenvalue weighted by atomic mass is 32.2. The molecule has 21 heavy (non-hydrogen) atoms. The summed E-state index contributed by atoms with van der Waals surface area (Å²) >= 11 is 2.51. The number of nitrogens with zero attached hydrogens (tertiary/aromatic N) is 4. The molecule has 1 aliphatic carbocycles. The van der Waals surface area contributed by atoms with Gasteiger partial charge in [-0.25, -0.2) is 4.98 Å². The number of ketones is 1. The van der Waals surface area contributed by atoms with Crippen LogP contribution in [0.3, 0.4) is 0 Å². The molecule has 0 aromatic carbocycles. The van der Waals surface area contributed by atoms with Gasteiger partial charge in [0.15, 0.2) is 11.7 Å². The lowest BCUT2D eigenvalue weighted by molar-refractivity contribution is -0.116. The van der Waals surface area contributed by atoms with Crippen molar-refractivity contribution < 1.29 is 9.21 Å². The van der Waals surface area contributed by atoms with Gasteiger partial charge < -0.3 is 4.42 Å². The Morgan fingerprint density at radius 1 is 1.62 bits per heavy atom. The van der Waals surface area contributed by atoms with Crippen LogP contribution in [0, 0.1) is 18.3 Å². The predicted octanol–water partition coefficient (Wildman–Crippen LogP) is 2.68. The van der Waals surface area contributed by atoms with Crippen molar-refractivity contribution in [1.82, 2.24) is 15.2 Å². The first-order valence-electron chi connectivity index (χ1n) is 6.48. The second kappa shape index (κ2) is 5.95. The number of hydrogen-bond acceptors (Lipinski definition) is 8. The molecule has 2 aromatic heterocycles. The molecule has 6 nitrogen and oxygen atoms in total. The zero-order valence-electron chi connectivity index (χ0n) is 11.3. The molecule has 1 aliphatic rings. The van der Waals surface area contributed by atoms with E-state index in [1.807, 2.05) is 18.4 Å². The predicted molar refractivity (Wildman–Crippen MR) is 77.2 cm³/mol. The summed E-state index contributed by atoms with van der Waals surface area (Å²) in [7, 11) is 0. The Labute approximate surface area is 129 Å². The highest BCUT2D eigenvalue weighted by Gasteiger charge is 2.30. The summed E-state index contributed by atoms with van der Waals surface area (Å²) in [6.45, 7) is 1.84. The van der Waals surface area contributed by atoms with Crippen LogP contribution in [0.25, 0.3) is 0 Å². The van der Waals surface area contributed by atoms with Crippen molar-refractivity contribution >= 4 is 28.9 Å². The second-order valence-corrected chi connectivity index (χ2v) is 6.64. The first-order valence-corrected chi connectivity index (χ1v) is 8.34. The second-order valence-electron chi connectivity index (χ2n) is 4.82. The Balaban J connectivity index is 1.60. The summed E-state index contributed by atoms with van der Waals surface area (Å²) in [5, 5.41) is 19.8. The molecule has 1 unspecified atom stereocenters. The molecular weight excluding hydrogens is 308 g/mol. The van der Waals surface area contributed by atoms with Crippen molar-refractivity contribution in [3.63, 3.8) is 0 Å². The zero-order valence-corrected chi connectivity index (χ0v) is 12.9. The number of carbonyl (C=O) groups excluding carboxylic acids is 1. The van der Waals surface area contributed by atoms with Crippen LogP contribution in [-0.2, 0) is 4.79 Å². The maximum absolute atomic E-state index is 12.1. The quantitative estimate of drug-likeness (QED) is 0.755. The molecule has 0 saturated heterocycles. The van der Waals surface area contributed by atoms with E-state index in [9.17, 15) is 10.1 Å². The molecule has 2 aromatic rings. The number of hydrogen-bond donors (Lipinski definition) is 0. The molecule has 1 atom stereocenters. The van der Waals surface area contributed by atoms with Crippen LogP contribution < -0.4 is 0 Å². The number of Topliss-reactive ketones (excluding diaryl/α,β-unsaturated/α-hetero) is 1. The smallest absolute Gasteiger partial charge is 0.277 e. The van der Waals surface area contributed by atoms with Gasteiger partial charge in [0.1, 0.15) is 5.01 Å². The van der Waals surface area contributed by atoms with E-state index in [1.165, 1.54) is 23.1 Å². The van der Waals surface area contributed by atoms with Crippen molar-refractivity contribution in [2.24, 2.45) is 0 Å². The summed E-state index contributed by atoms with van der Waals surface area (Å²) in [6, 6.07) is 2.02. The lowest BCUT2D eigenvalue weighted by Gasteiger charge is -2.02. The van der Waals surface area contributed by atoms with E-state index in [0.29, 0.717) is 22.0 Å². The Bertz CT molecular complexity index is 699. The van der Waals surface area contributed by atoms with E-state index in [2.05, 4.69) is 15.2 Å². The van der Waals surface area contributed by atoms with Gasteiger partial charge in [-0.3, -0.25) is 4.79 Å². The first-order chi connectivity index (χ1) is 10.2. The number of aryl methyl sites for hydroxylation is 1. The Hall–Kier alpha value is -1.72. The Morgan fingerprint density at radius 3 is 3.05 bits per heavy atom. The monoisotopic (exact) mass is 320 g/mol. The summed E-state index contributed by atoms with van der Waals surface area (Å²) < 4.78 is 5.47. The highest BCUT2D eigenvalue weighted by Crippen LogP contribution is 2.39. The molecule has 0 radical (unpaired) electrons. The fraction of sp³-hybridized carbons (Fsp3) is 0.462. The summed E-state index contributed by atoms with van der Waals surface area (Å²) in [5.74, 6) is 0.165. The van der Waals surface area contributed by atoms with Crippen molar-refractivity contribution in [1.29, 1.82) is 5.26 Å². The Kier molecular flexibility index (Phi) is 4.03. The first kappa shape index (κ1) is 14.2. The third-order valence-corrected chi connectivity index (χ3v) is 4.89. The van der Waals surface area contributed by atoms with Gasteiger partial charge in [-0.1, -0.05) is 11.8 Å². The van der Waals surface area contributed by atoms with Gasteiger partial charge in [0.05, 0.1) is 11.8 Å². The lowest BCUT2D eigenvalue weighted by atomic mass is 10.1. The molecule has 0 N–H and O–H groups in total. The molecule has 1 fully saturated rings. The molecule has 0 spiro atoms. The number of thioether (sulfide) groups is 1. The van der Waals surface area contributed by atoms with Crippen LogP contribution in [-0.4, -0.2) is 26.7 Å². The van der Waals surface area contributed by atoms with Gasteiger partial charge >= 0.3 is 0 Å². The van der Waals surface area contributed by atoms with E-state index < -0.39 is 5.92 Å². The standard InChI is InChI=1S/C13H12N4O2S2/c1-7-5-20-12(15-7)9(4-14)10(18)6-21-13-17-16-11(19-13)8-2-3-8/h5,8-9H,2-3,6H2,1H3. The maximum atomic E-state index is 12.1. The summed E-state index contributed by atoms with van der Waals surface area (Å²) in [6.07, 6.45) is 2.18.